The quantitative estimate of drug-likeness (QED) is 0.857. The zero-order valence-corrected chi connectivity index (χ0v) is 11.3. The van der Waals surface area contributed by atoms with Gasteiger partial charge in [0.05, 0.1) is 6.54 Å². The lowest BCUT2D eigenvalue weighted by molar-refractivity contribution is 0.530. The van der Waals surface area contributed by atoms with Gasteiger partial charge in [0.1, 0.15) is 5.82 Å². The largest absolute Gasteiger partial charge is 0.346 e. The van der Waals surface area contributed by atoms with E-state index in [0.717, 1.165) is 12.4 Å². The van der Waals surface area contributed by atoms with Crippen molar-refractivity contribution in [1.29, 1.82) is 0 Å². The van der Waals surface area contributed by atoms with E-state index in [1.807, 2.05) is 6.07 Å². The van der Waals surface area contributed by atoms with Crippen LogP contribution in [0.5, 0.6) is 0 Å². The molecule has 0 radical (unpaired) electrons. The van der Waals surface area contributed by atoms with Crippen LogP contribution in [0.25, 0.3) is 0 Å². The first-order valence-corrected chi connectivity index (χ1v) is 6.98. The van der Waals surface area contributed by atoms with Crippen LogP contribution in [0.15, 0.2) is 30.9 Å². The average Bonchev–Trinajstić information content (AvgIpc) is 2.73. The summed E-state index contributed by atoms with van der Waals surface area (Å²) < 4.78 is 2.22. The SMILES string of the molecule is CNC1CCCCc2cn(Cc3ncccn3)cc21. The minimum atomic E-state index is 0.496. The van der Waals surface area contributed by atoms with Crippen LogP contribution >= 0.6 is 0 Å². The Morgan fingerprint density at radius 1 is 1.26 bits per heavy atom. The Bertz CT molecular complexity index is 532. The van der Waals surface area contributed by atoms with E-state index in [4.69, 9.17) is 0 Å². The van der Waals surface area contributed by atoms with Gasteiger partial charge in [0.2, 0.25) is 0 Å². The lowest BCUT2D eigenvalue weighted by atomic mass is 10.1. The second-order valence-electron chi connectivity index (χ2n) is 5.16. The molecule has 0 bridgehead atoms. The number of fused-ring (bicyclic) bond motifs is 1. The standard InChI is InChI=1S/C15H20N4/c1-16-14-6-3-2-5-12-9-19(10-13(12)14)11-15-17-7-4-8-18-15/h4,7-10,14,16H,2-3,5-6,11H2,1H3. The van der Waals surface area contributed by atoms with Gasteiger partial charge in [-0.1, -0.05) is 6.42 Å². The van der Waals surface area contributed by atoms with Gasteiger partial charge < -0.3 is 9.88 Å². The summed E-state index contributed by atoms with van der Waals surface area (Å²) in [5.41, 5.74) is 2.93. The zero-order valence-electron chi connectivity index (χ0n) is 11.3. The third-order valence-electron chi connectivity index (χ3n) is 3.85. The molecule has 0 amide bonds. The van der Waals surface area contributed by atoms with Crippen LogP contribution in [-0.4, -0.2) is 21.6 Å². The van der Waals surface area contributed by atoms with E-state index in [1.54, 1.807) is 12.4 Å². The second-order valence-corrected chi connectivity index (χ2v) is 5.16. The lowest BCUT2D eigenvalue weighted by Crippen LogP contribution is -2.15. The van der Waals surface area contributed by atoms with E-state index in [9.17, 15) is 0 Å². The van der Waals surface area contributed by atoms with Crippen LogP contribution in [0, 0.1) is 0 Å². The molecule has 0 spiro atoms. The van der Waals surface area contributed by atoms with Gasteiger partial charge in [0.25, 0.3) is 0 Å². The van der Waals surface area contributed by atoms with Crippen LogP contribution in [0.2, 0.25) is 0 Å². The highest BCUT2D eigenvalue weighted by Crippen LogP contribution is 2.29. The van der Waals surface area contributed by atoms with Crippen LogP contribution in [-0.2, 0) is 13.0 Å². The van der Waals surface area contributed by atoms with Crippen molar-refractivity contribution in [2.45, 2.75) is 38.3 Å². The minimum Gasteiger partial charge on any atom is -0.346 e. The van der Waals surface area contributed by atoms with E-state index >= 15 is 0 Å². The molecule has 19 heavy (non-hydrogen) atoms. The summed E-state index contributed by atoms with van der Waals surface area (Å²) in [6.45, 7) is 0.754. The summed E-state index contributed by atoms with van der Waals surface area (Å²) in [6, 6.07) is 2.35. The van der Waals surface area contributed by atoms with Gasteiger partial charge in [-0.2, -0.15) is 0 Å². The molecular formula is C15H20N4. The Balaban J connectivity index is 1.85. The molecule has 1 atom stereocenters. The highest BCUT2D eigenvalue weighted by molar-refractivity contribution is 5.29. The number of nitrogens with zero attached hydrogens (tertiary/aromatic N) is 3. The van der Waals surface area contributed by atoms with Crippen LogP contribution in [0.4, 0.5) is 0 Å². The molecule has 2 aromatic heterocycles. The van der Waals surface area contributed by atoms with Crippen molar-refractivity contribution >= 4 is 0 Å². The van der Waals surface area contributed by atoms with Crippen molar-refractivity contribution in [2.75, 3.05) is 7.05 Å². The van der Waals surface area contributed by atoms with Gasteiger partial charge >= 0.3 is 0 Å². The molecule has 1 unspecified atom stereocenters. The first-order valence-electron chi connectivity index (χ1n) is 6.98. The van der Waals surface area contributed by atoms with Crippen molar-refractivity contribution < 1.29 is 0 Å². The first kappa shape index (κ1) is 12.4. The number of hydrogen-bond donors (Lipinski definition) is 1. The molecule has 100 valence electrons. The maximum atomic E-state index is 4.29. The van der Waals surface area contributed by atoms with Crippen LogP contribution < -0.4 is 5.32 Å². The monoisotopic (exact) mass is 256 g/mol. The fraction of sp³-hybridized carbons (Fsp3) is 0.467. The molecule has 0 fully saturated rings. The van der Waals surface area contributed by atoms with E-state index in [2.05, 4.69) is 39.3 Å². The molecule has 0 saturated carbocycles. The molecule has 0 aliphatic heterocycles. The van der Waals surface area contributed by atoms with Crippen LogP contribution in [0.3, 0.4) is 0 Å². The molecule has 2 heterocycles. The lowest BCUT2D eigenvalue weighted by Gasteiger charge is -2.13. The number of hydrogen-bond acceptors (Lipinski definition) is 3. The summed E-state index contributed by atoms with van der Waals surface area (Å²) in [5.74, 6) is 0.869. The maximum absolute atomic E-state index is 4.29. The molecule has 1 aliphatic rings. The summed E-state index contributed by atoms with van der Waals surface area (Å²) >= 11 is 0. The number of rotatable bonds is 3. The predicted molar refractivity (Wildman–Crippen MR) is 74.9 cm³/mol. The van der Waals surface area contributed by atoms with Gasteiger partial charge in [-0.3, -0.25) is 0 Å². The highest BCUT2D eigenvalue weighted by atomic mass is 15.0. The Morgan fingerprint density at radius 2 is 2.11 bits per heavy atom. The summed E-state index contributed by atoms with van der Waals surface area (Å²) in [7, 11) is 2.05. The van der Waals surface area contributed by atoms with Crippen molar-refractivity contribution in [3.8, 4) is 0 Å². The van der Waals surface area contributed by atoms with Gasteiger partial charge in [0.15, 0.2) is 0 Å². The zero-order chi connectivity index (χ0) is 13.1. The molecule has 0 aromatic carbocycles. The first-order chi connectivity index (χ1) is 9.36. The summed E-state index contributed by atoms with van der Waals surface area (Å²) in [6.07, 6.45) is 13.1. The molecule has 1 N–H and O–H groups in total. The number of aryl methyl sites for hydroxylation is 1. The third-order valence-corrected chi connectivity index (χ3v) is 3.85. The average molecular weight is 256 g/mol. The van der Waals surface area contributed by atoms with E-state index in [0.29, 0.717) is 6.04 Å². The van der Waals surface area contributed by atoms with Crippen molar-refractivity contribution in [3.63, 3.8) is 0 Å². The normalized spacial score (nSPS) is 18.9. The molecule has 4 heteroatoms. The topological polar surface area (TPSA) is 42.7 Å². The second kappa shape index (κ2) is 5.53. The smallest absolute Gasteiger partial charge is 0.147 e. The van der Waals surface area contributed by atoms with Gasteiger partial charge in [-0.05, 0) is 43.5 Å². The predicted octanol–water partition coefficient (Wildman–Crippen LogP) is 2.31. The Kier molecular flexibility index (Phi) is 3.60. The number of aromatic nitrogens is 3. The van der Waals surface area contributed by atoms with E-state index in [-0.39, 0.29) is 0 Å². The van der Waals surface area contributed by atoms with Crippen molar-refractivity contribution in [1.82, 2.24) is 19.9 Å². The molecule has 0 saturated heterocycles. The van der Waals surface area contributed by atoms with Gasteiger partial charge in [0, 0.05) is 30.8 Å². The van der Waals surface area contributed by atoms with Gasteiger partial charge in [-0.25, -0.2) is 9.97 Å². The molecule has 2 aromatic rings. The Morgan fingerprint density at radius 3 is 2.89 bits per heavy atom. The van der Waals surface area contributed by atoms with E-state index < -0.39 is 0 Å². The Labute approximate surface area is 113 Å². The Hall–Kier alpha value is -1.68. The fourth-order valence-electron chi connectivity index (χ4n) is 2.88. The highest BCUT2D eigenvalue weighted by Gasteiger charge is 2.19. The third kappa shape index (κ3) is 2.68. The maximum Gasteiger partial charge on any atom is 0.147 e. The van der Waals surface area contributed by atoms with Crippen LogP contribution in [0.1, 0.15) is 42.3 Å². The van der Waals surface area contributed by atoms with Crippen molar-refractivity contribution in [2.24, 2.45) is 0 Å². The minimum absolute atomic E-state index is 0.496. The molecular weight excluding hydrogens is 236 g/mol. The summed E-state index contributed by atoms with van der Waals surface area (Å²) in [5, 5.41) is 3.43. The van der Waals surface area contributed by atoms with E-state index in [1.165, 1.54) is 36.8 Å². The summed E-state index contributed by atoms with van der Waals surface area (Å²) in [4.78, 5) is 8.58. The molecule has 3 rings (SSSR count). The molecule has 4 nitrogen and oxygen atoms in total. The fourth-order valence-corrected chi connectivity index (χ4v) is 2.88. The molecule has 1 aliphatic carbocycles. The van der Waals surface area contributed by atoms with Crippen molar-refractivity contribution in [3.05, 3.63) is 47.8 Å². The number of nitrogens with one attached hydrogen (secondary N) is 1. The van der Waals surface area contributed by atoms with Gasteiger partial charge in [-0.15, -0.1) is 0 Å².